The van der Waals surface area contributed by atoms with Crippen LogP contribution in [0.25, 0.3) is 0 Å². The number of nitrogens with zero attached hydrogens (tertiary/aromatic N) is 1. The zero-order valence-corrected chi connectivity index (χ0v) is 9.00. The maximum absolute atomic E-state index is 5.75. The molecule has 0 unspecified atom stereocenters. The maximum Gasteiger partial charge on any atom is 0.182 e. The highest BCUT2D eigenvalue weighted by atomic mass is 35.5. The largest absolute Gasteiger partial charge is 0.361 e. The van der Waals surface area contributed by atoms with Gasteiger partial charge in [0.25, 0.3) is 0 Å². The first-order chi connectivity index (χ1) is 6.35. The molecule has 1 heterocycles. The summed E-state index contributed by atoms with van der Waals surface area (Å²) in [5.74, 6) is 0.777. The summed E-state index contributed by atoms with van der Waals surface area (Å²) in [5, 5.41) is 6.38. The van der Waals surface area contributed by atoms with Gasteiger partial charge in [-0.1, -0.05) is 0 Å². The minimum atomic E-state index is 0.493. The number of hydrogen-bond donors (Lipinski definition) is 1. The molecule has 0 radical (unpaired) electrons. The van der Waals surface area contributed by atoms with E-state index in [-0.39, 0.29) is 0 Å². The van der Waals surface area contributed by atoms with Crippen molar-refractivity contribution in [2.45, 2.75) is 19.3 Å². The average Bonchev–Trinajstić information content (AvgIpc) is 2.71. The predicted octanol–water partition coefficient (Wildman–Crippen LogP) is 2.96. The molecule has 0 amide bonds. The first-order valence-electron chi connectivity index (χ1n) is 4.54. The second-order valence-corrected chi connectivity index (χ2v) is 4.90. The van der Waals surface area contributed by atoms with Gasteiger partial charge >= 0.3 is 0 Å². The van der Waals surface area contributed by atoms with Crippen LogP contribution in [0.2, 0.25) is 0 Å². The molecule has 0 aliphatic heterocycles. The van der Waals surface area contributed by atoms with Gasteiger partial charge in [0.15, 0.2) is 5.13 Å². The van der Waals surface area contributed by atoms with E-state index in [1.54, 1.807) is 11.3 Å². The summed E-state index contributed by atoms with van der Waals surface area (Å²) in [6.07, 6.45) is 5.59. The van der Waals surface area contributed by atoms with E-state index in [1.165, 1.54) is 12.8 Å². The van der Waals surface area contributed by atoms with E-state index in [0.29, 0.717) is 5.41 Å². The number of rotatable bonds is 5. The molecule has 0 bridgehead atoms. The van der Waals surface area contributed by atoms with E-state index in [2.05, 4.69) is 10.3 Å². The molecule has 0 spiro atoms. The zero-order valence-electron chi connectivity index (χ0n) is 7.42. The van der Waals surface area contributed by atoms with E-state index < -0.39 is 0 Å². The highest BCUT2D eigenvalue weighted by molar-refractivity contribution is 7.13. The zero-order chi connectivity index (χ0) is 9.15. The third-order valence-corrected chi connectivity index (χ3v) is 3.55. The van der Waals surface area contributed by atoms with Crippen LogP contribution in [-0.2, 0) is 0 Å². The van der Waals surface area contributed by atoms with Gasteiger partial charge in [-0.05, 0) is 24.7 Å². The molecule has 1 aromatic rings. The van der Waals surface area contributed by atoms with Crippen LogP contribution in [0, 0.1) is 5.41 Å². The molecule has 2 nitrogen and oxygen atoms in total. The molecule has 4 heteroatoms. The fraction of sp³-hybridized carbons (Fsp3) is 0.667. The minimum absolute atomic E-state index is 0.493. The maximum atomic E-state index is 5.75. The molecule has 1 fully saturated rings. The Morgan fingerprint density at radius 1 is 1.62 bits per heavy atom. The number of anilines is 1. The number of hydrogen-bond acceptors (Lipinski definition) is 3. The Bertz CT molecular complexity index is 257. The van der Waals surface area contributed by atoms with Crippen molar-refractivity contribution in [3.05, 3.63) is 11.6 Å². The molecule has 72 valence electrons. The highest BCUT2D eigenvalue weighted by Crippen LogP contribution is 2.48. The molecule has 1 saturated carbocycles. The van der Waals surface area contributed by atoms with Gasteiger partial charge in [0.1, 0.15) is 0 Å². The van der Waals surface area contributed by atoms with Crippen LogP contribution in [-0.4, -0.2) is 17.4 Å². The van der Waals surface area contributed by atoms with Crippen LogP contribution < -0.4 is 5.32 Å². The van der Waals surface area contributed by atoms with Crippen molar-refractivity contribution in [2.75, 3.05) is 17.7 Å². The second kappa shape index (κ2) is 3.84. The Morgan fingerprint density at radius 2 is 2.46 bits per heavy atom. The Morgan fingerprint density at radius 3 is 3.00 bits per heavy atom. The second-order valence-electron chi connectivity index (χ2n) is 3.63. The van der Waals surface area contributed by atoms with Crippen LogP contribution in [0.3, 0.4) is 0 Å². The van der Waals surface area contributed by atoms with Gasteiger partial charge in [-0.25, -0.2) is 4.98 Å². The van der Waals surface area contributed by atoms with Gasteiger partial charge in [-0.2, -0.15) is 0 Å². The van der Waals surface area contributed by atoms with Crippen LogP contribution >= 0.6 is 22.9 Å². The van der Waals surface area contributed by atoms with Crippen LogP contribution in [0.1, 0.15) is 19.3 Å². The number of thiazole rings is 1. The van der Waals surface area contributed by atoms with Crippen LogP contribution in [0.4, 0.5) is 5.13 Å². The Kier molecular flexibility index (Phi) is 2.74. The van der Waals surface area contributed by atoms with E-state index >= 15 is 0 Å². The van der Waals surface area contributed by atoms with Crippen molar-refractivity contribution in [3.63, 3.8) is 0 Å². The van der Waals surface area contributed by atoms with Crippen molar-refractivity contribution in [3.8, 4) is 0 Å². The van der Waals surface area contributed by atoms with Crippen molar-refractivity contribution in [1.82, 2.24) is 4.98 Å². The molecular formula is C9H13ClN2S. The first-order valence-corrected chi connectivity index (χ1v) is 5.95. The number of halogens is 1. The molecule has 0 atom stereocenters. The van der Waals surface area contributed by atoms with E-state index in [0.717, 1.165) is 24.0 Å². The fourth-order valence-electron chi connectivity index (χ4n) is 1.47. The molecule has 13 heavy (non-hydrogen) atoms. The van der Waals surface area contributed by atoms with Gasteiger partial charge in [-0.15, -0.1) is 22.9 Å². The minimum Gasteiger partial charge on any atom is -0.361 e. The first kappa shape index (κ1) is 9.28. The lowest BCUT2D eigenvalue weighted by atomic mass is 10.0. The van der Waals surface area contributed by atoms with E-state index in [9.17, 15) is 0 Å². The Labute approximate surface area is 87.3 Å². The molecule has 1 aliphatic carbocycles. The lowest BCUT2D eigenvalue weighted by molar-refractivity contribution is 0.524. The van der Waals surface area contributed by atoms with Gasteiger partial charge in [0.05, 0.1) is 0 Å². The quantitative estimate of drug-likeness (QED) is 0.766. The summed E-state index contributed by atoms with van der Waals surface area (Å²) >= 11 is 7.40. The van der Waals surface area contributed by atoms with Crippen LogP contribution in [0.5, 0.6) is 0 Å². The van der Waals surface area contributed by atoms with Gasteiger partial charge in [0, 0.05) is 24.0 Å². The molecule has 1 N–H and O–H groups in total. The molecular weight excluding hydrogens is 204 g/mol. The predicted molar refractivity (Wildman–Crippen MR) is 57.6 cm³/mol. The van der Waals surface area contributed by atoms with Crippen LogP contribution in [0.15, 0.2) is 11.6 Å². The third kappa shape index (κ3) is 2.35. The molecule has 0 aromatic carbocycles. The van der Waals surface area contributed by atoms with Gasteiger partial charge in [-0.3, -0.25) is 0 Å². The number of alkyl halides is 1. The Balaban J connectivity index is 1.79. The van der Waals surface area contributed by atoms with Crippen molar-refractivity contribution in [2.24, 2.45) is 5.41 Å². The fourth-order valence-corrected chi connectivity index (χ4v) is 2.39. The smallest absolute Gasteiger partial charge is 0.182 e. The topological polar surface area (TPSA) is 24.9 Å². The summed E-state index contributed by atoms with van der Waals surface area (Å²) in [5.41, 5.74) is 0.493. The normalized spacial score (nSPS) is 18.5. The lowest BCUT2D eigenvalue weighted by Crippen LogP contribution is -2.15. The summed E-state index contributed by atoms with van der Waals surface area (Å²) in [4.78, 5) is 4.18. The van der Waals surface area contributed by atoms with Gasteiger partial charge < -0.3 is 5.32 Å². The summed E-state index contributed by atoms with van der Waals surface area (Å²) < 4.78 is 0. The SMILES string of the molecule is ClCCC1(CNc2nccs2)CC1. The third-order valence-electron chi connectivity index (χ3n) is 2.63. The average molecular weight is 217 g/mol. The molecule has 0 saturated heterocycles. The van der Waals surface area contributed by atoms with E-state index in [1.807, 2.05) is 11.6 Å². The monoisotopic (exact) mass is 216 g/mol. The summed E-state index contributed by atoms with van der Waals surface area (Å²) in [7, 11) is 0. The molecule has 1 aromatic heterocycles. The van der Waals surface area contributed by atoms with Crippen molar-refractivity contribution >= 4 is 28.1 Å². The summed E-state index contributed by atoms with van der Waals surface area (Å²) in [6.45, 7) is 1.03. The molecule has 2 rings (SSSR count). The highest BCUT2D eigenvalue weighted by Gasteiger charge is 2.41. The standard InChI is InChI=1S/C9H13ClN2S/c10-4-3-9(1-2-9)7-12-8-11-5-6-13-8/h5-6H,1-4,7H2,(H,11,12). The number of nitrogens with one attached hydrogen (secondary N) is 1. The van der Waals surface area contributed by atoms with Crippen molar-refractivity contribution < 1.29 is 0 Å². The van der Waals surface area contributed by atoms with Crippen molar-refractivity contribution in [1.29, 1.82) is 0 Å². The van der Waals surface area contributed by atoms with Gasteiger partial charge in [0.2, 0.25) is 0 Å². The molecule has 1 aliphatic rings. The van der Waals surface area contributed by atoms with E-state index in [4.69, 9.17) is 11.6 Å². The summed E-state index contributed by atoms with van der Waals surface area (Å²) in [6, 6.07) is 0. The lowest BCUT2D eigenvalue weighted by Gasteiger charge is -2.13. The number of aromatic nitrogens is 1. The Hall–Kier alpha value is -0.280.